The Morgan fingerprint density at radius 2 is 2.16 bits per heavy atom. The highest BCUT2D eigenvalue weighted by Crippen LogP contribution is 2.35. The quantitative estimate of drug-likeness (QED) is 0.862. The van der Waals surface area contributed by atoms with Crippen molar-refractivity contribution in [2.75, 3.05) is 30.3 Å². The van der Waals surface area contributed by atoms with Gasteiger partial charge < -0.3 is 15.4 Å². The van der Waals surface area contributed by atoms with E-state index in [0.29, 0.717) is 17.2 Å². The maximum atomic E-state index is 11.7. The van der Waals surface area contributed by atoms with Gasteiger partial charge >= 0.3 is 5.97 Å². The summed E-state index contributed by atoms with van der Waals surface area (Å²) in [4.78, 5) is 14.6. The Kier molecular flexibility index (Phi) is 4.69. The van der Waals surface area contributed by atoms with Crippen molar-refractivity contribution in [3.8, 4) is 0 Å². The lowest BCUT2D eigenvalue weighted by Gasteiger charge is -2.32. The summed E-state index contributed by atoms with van der Waals surface area (Å²) in [7, 11) is 0. The monoisotopic (exact) mass is 282 g/mol. The third kappa shape index (κ3) is 3.21. The Labute approximate surface area is 118 Å². The second-order valence-corrected chi connectivity index (χ2v) is 5.96. The van der Waals surface area contributed by atoms with Gasteiger partial charge in [0, 0.05) is 13.1 Å². The number of carbonyl (C=O) groups excluding carboxylic acids is 1. The molecule has 0 spiro atoms. The highest BCUT2D eigenvalue weighted by Gasteiger charge is 2.22. The molecule has 1 aliphatic heterocycles. The molecule has 106 valence electrons. The summed E-state index contributed by atoms with van der Waals surface area (Å²) >= 11 is 1.45. The van der Waals surface area contributed by atoms with Crippen LogP contribution >= 0.6 is 11.3 Å². The Morgan fingerprint density at radius 3 is 2.74 bits per heavy atom. The molecule has 0 radical (unpaired) electrons. The molecule has 0 bridgehead atoms. The molecule has 4 nitrogen and oxygen atoms in total. The molecular weight excluding hydrogens is 260 g/mol. The van der Waals surface area contributed by atoms with E-state index in [1.54, 1.807) is 6.92 Å². The Balaban J connectivity index is 2.06. The van der Waals surface area contributed by atoms with Crippen LogP contribution in [0.15, 0.2) is 6.07 Å². The van der Waals surface area contributed by atoms with Crippen molar-refractivity contribution in [1.29, 1.82) is 0 Å². The van der Waals surface area contributed by atoms with E-state index in [9.17, 15) is 4.79 Å². The highest BCUT2D eigenvalue weighted by atomic mass is 32.1. The number of hydrogen-bond acceptors (Lipinski definition) is 5. The summed E-state index contributed by atoms with van der Waals surface area (Å²) in [5, 5.41) is 1.09. The molecule has 0 saturated carbocycles. The third-order valence-electron chi connectivity index (χ3n) is 3.71. The third-order valence-corrected chi connectivity index (χ3v) is 4.90. The van der Waals surface area contributed by atoms with Gasteiger partial charge in [0.1, 0.15) is 4.88 Å². The van der Waals surface area contributed by atoms with Crippen LogP contribution in [0.1, 0.15) is 42.8 Å². The van der Waals surface area contributed by atoms with Crippen molar-refractivity contribution in [3.05, 3.63) is 10.9 Å². The number of piperidine rings is 1. The van der Waals surface area contributed by atoms with E-state index in [1.807, 2.05) is 6.07 Å². The van der Waals surface area contributed by atoms with E-state index in [-0.39, 0.29) is 5.97 Å². The lowest BCUT2D eigenvalue weighted by atomic mass is 9.95. The summed E-state index contributed by atoms with van der Waals surface area (Å²) in [5.74, 6) is 0.540. The molecule has 2 heterocycles. The zero-order chi connectivity index (χ0) is 13.8. The molecule has 1 fully saturated rings. The number of nitrogens with zero attached hydrogens (tertiary/aromatic N) is 1. The molecule has 1 aromatic heterocycles. The van der Waals surface area contributed by atoms with E-state index in [1.165, 1.54) is 30.6 Å². The Bertz CT molecular complexity index is 437. The molecule has 1 aliphatic rings. The molecule has 1 saturated heterocycles. The minimum Gasteiger partial charge on any atom is -0.462 e. The average Bonchev–Trinajstić information content (AvgIpc) is 2.81. The maximum Gasteiger partial charge on any atom is 0.350 e. The molecule has 0 amide bonds. The number of nitrogens with two attached hydrogens (primary N) is 1. The Hall–Kier alpha value is -1.23. The lowest BCUT2D eigenvalue weighted by molar-refractivity contribution is 0.0533. The number of esters is 1. The van der Waals surface area contributed by atoms with Crippen LogP contribution in [-0.4, -0.2) is 25.7 Å². The molecular formula is C14H22N2O2S. The fraction of sp³-hybridized carbons (Fsp3) is 0.643. The zero-order valence-corrected chi connectivity index (χ0v) is 12.5. The zero-order valence-electron chi connectivity index (χ0n) is 11.6. The van der Waals surface area contributed by atoms with Crippen LogP contribution in [0.2, 0.25) is 0 Å². The van der Waals surface area contributed by atoms with Gasteiger partial charge in [0.25, 0.3) is 0 Å². The number of thiophene rings is 1. The summed E-state index contributed by atoms with van der Waals surface area (Å²) in [6.07, 6.45) is 3.71. The van der Waals surface area contributed by atoms with E-state index in [2.05, 4.69) is 11.8 Å². The number of nitrogen functional groups attached to an aromatic ring is 1. The standard InChI is InChI=1S/C14H22N2O2S/c1-3-10-5-7-16(8-6-10)12-9-11(15)13(19-12)14(17)18-4-2/h9-10H,3-8,15H2,1-2H3. The van der Waals surface area contributed by atoms with Crippen molar-refractivity contribution < 1.29 is 9.53 Å². The van der Waals surface area contributed by atoms with E-state index < -0.39 is 0 Å². The number of carbonyl (C=O) groups is 1. The second-order valence-electron chi connectivity index (χ2n) is 4.93. The predicted molar refractivity (Wildman–Crippen MR) is 79.9 cm³/mol. The van der Waals surface area contributed by atoms with Gasteiger partial charge in [0.2, 0.25) is 0 Å². The second kappa shape index (κ2) is 6.28. The van der Waals surface area contributed by atoms with Gasteiger partial charge in [0.15, 0.2) is 0 Å². The maximum absolute atomic E-state index is 11.7. The van der Waals surface area contributed by atoms with Gasteiger partial charge in [-0.3, -0.25) is 0 Å². The number of rotatable bonds is 4. The van der Waals surface area contributed by atoms with E-state index in [0.717, 1.165) is 24.0 Å². The normalized spacial score (nSPS) is 16.6. The minimum absolute atomic E-state index is 0.306. The molecule has 1 aromatic rings. The topological polar surface area (TPSA) is 55.6 Å². The van der Waals surface area contributed by atoms with Crippen molar-refractivity contribution in [2.24, 2.45) is 5.92 Å². The molecule has 5 heteroatoms. The highest BCUT2D eigenvalue weighted by molar-refractivity contribution is 7.18. The number of ether oxygens (including phenoxy) is 1. The Morgan fingerprint density at radius 1 is 1.47 bits per heavy atom. The molecule has 0 aromatic carbocycles. The fourth-order valence-corrected chi connectivity index (χ4v) is 3.49. The van der Waals surface area contributed by atoms with Crippen molar-refractivity contribution >= 4 is 28.0 Å². The first-order valence-corrected chi connectivity index (χ1v) is 7.78. The summed E-state index contributed by atoms with van der Waals surface area (Å²) in [6, 6.07) is 1.91. The van der Waals surface area contributed by atoms with Crippen LogP contribution in [0.4, 0.5) is 10.7 Å². The molecule has 19 heavy (non-hydrogen) atoms. The van der Waals surface area contributed by atoms with Crippen LogP contribution in [0.3, 0.4) is 0 Å². The van der Waals surface area contributed by atoms with Gasteiger partial charge in [-0.15, -0.1) is 11.3 Å². The van der Waals surface area contributed by atoms with Crippen molar-refractivity contribution in [1.82, 2.24) is 0 Å². The first-order valence-electron chi connectivity index (χ1n) is 6.97. The first kappa shape index (κ1) is 14.2. The number of hydrogen-bond donors (Lipinski definition) is 1. The van der Waals surface area contributed by atoms with Crippen LogP contribution in [0.5, 0.6) is 0 Å². The molecule has 0 atom stereocenters. The SMILES string of the molecule is CCOC(=O)c1sc(N2CCC(CC)CC2)cc1N. The summed E-state index contributed by atoms with van der Waals surface area (Å²) in [6.45, 7) is 6.55. The summed E-state index contributed by atoms with van der Waals surface area (Å²) in [5.41, 5.74) is 6.45. The molecule has 0 aliphatic carbocycles. The molecule has 2 rings (SSSR count). The average molecular weight is 282 g/mol. The molecule has 0 unspecified atom stereocenters. The van der Waals surface area contributed by atoms with Gasteiger partial charge in [-0.1, -0.05) is 13.3 Å². The lowest BCUT2D eigenvalue weighted by Crippen LogP contribution is -2.32. The van der Waals surface area contributed by atoms with Gasteiger partial charge in [-0.05, 0) is 31.7 Å². The number of anilines is 2. The van der Waals surface area contributed by atoms with Crippen LogP contribution < -0.4 is 10.6 Å². The van der Waals surface area contributed by atoms with Gasteiger partial charge in [0.05, 0.1) is 17.3 Å². The summed E-state index contributed by atoms with van der Waals surface area (Å²) < 4.78 is 5.02. The van der Waals surface area contributed by atoms with Crippen molar-refractivity contribution in [2.45, 2.75) is 33.1 Å². The van der Waals surface area contributed by atoms with Crippen LogP contribution in [-0.2, 0) is 4.74 Å². The molecule has 2 N–H and O–H groups in total. The predicted octanol–water partition coefficient (Wildman–Crippen LogP) is 3.13. The van der Waals surface area contributed by atoms with Crippen LogP contribution in [0, 0.1) is 5.92 Å². The van der Waals surface area contributed by atoms with E-state index in [4.69, 9.17) is 10.5 Å². The van der Waals surface area contributed by atoms with Gasteiger partial charge in [-0.25, -0.2) is 4.79 Å². The van der Waals surface area contributed by atoms with Gasteiger partial charge in [-0.2, -0.15) is 0 Å². The van der Waals surface area contributed by atoms with E-state index >= 15 is 0 Å². The largest absolute Gasteiger partial charge is 0.462 e. The van der Waals surface area contributed by atoms with Crippen molar-refractivity contribution in [3.63, 3.8) is 0 Å². The smallest absolute Gasteiger partial charge is 0.350 e. The van der Waals surface area contributed by atoms with Crippen LogP contribution in [0.25, 0.3) is 0 Å². The minimum atomic E-state index is -0.306. The fourth-order valence-electron chi connectivity index (χ4n) is 2.47. The first-order chi connectivity index (χ1) is 9.15.